The van der Waals surface area contributed by atoms with E-state index in [0.717, 1.165) is 12.1 Å². The molecule has 0 fully saturated rings. The Kier molecular flexibility index (Phi) is 7.20. The normalized spacial score (nSPS) is 14.5. The van der Waals surface area contributed by atoms with Gasteiger partial charge in [0.15, 0.2) is 11.5 Å². The third-order valence-electron chi connectivity index (χ3n) is 4.99. The summed E-state index contributed by atoms with van der Waals surface area (Å²) in [5.41, 5.74) is 1.70. The third kappa shape index (κ3) is 4.68. The molecule has 2 aromatic rings. The van der Waals surface area contributed by atoms with Crippen LogP contribution in [-0.4, -0.2) is 38.9 Å². The molecule has 0 bridgehead atoms. The molecule has 1 N–H and O–H groups in total. The molecule has 0 saturated heterocycles. The topological polar surface area (TPSA) is 68.2 Å². The fourth-order valence-corrected chi connectivity index (χ4v) is 3.73. The Morgan fingerprint density at radius 1 is 1.23 bits per heavy atom. The molecule has 31 heavy (non-hydrogen) atoms. The highest BCUT2D eigenvalue weighted by Gasteiger charge is 2.28. The summed E-state index contributed by atoms with van der Waals surface area (Å²) in [6.45, 7) is 0.611. The third-order valence-corrected chi connectivity index (χ3v) is 5.22. The van der Waals surface area contributed by atoms with Crippen molar-refractivity contribution in [2.24, 2.45) is 0 Å². The molecule has 2 aromatic carbocycles. The van der Waals surface area contributed by atoms with Gasteiger partial charge in [0.2, 0.25) is 0 Å². The standard InChI is InChI=1S/C23H23ClFNO5/c1-29-19-10-8-17(25)21(23(19)31-3)22(28)16-13-14(24)6-9-18(16)26-12-4-5-15(26)7-11-20(27)30-2/h5-11,13,22,28H,4,12H2,1-3H3/b11-7+. The molecule has 1 atom stereocenters. The number of aliphatic hydroxyl groups is 1. The van der Waals surface area contributed by atoms with Gasteiger partial charge in [-0.05, 0) is 42.8 Å². The van der Waals surface area contributed by atoms with Crippen molar-refractivity contribution in [1.82, 2.24) is 0 Å². The number of hydrogen-bond donors (Lipinski definition) is 1. The average molecular weight is 448 g/mol. The van der Waals surface area contributed by atoms with Crippen molar-refractivity contribution in [2.75, 3.05) is 32.8 Å². The van der Waals surface area contributed by atoms with E-state index in [1.165, 1.54) is 39.5 Å². The van der Waals surface area contributed by atoms with E-state index in [9.17, 15) is 14.3 Å². The minimum Gasteiger partial charge on any atom is -0.493 e. The van der Waals surface area contributed by atoms with Crippen LogP contribution >= 0.6 is 11.6 Å². The first-order valence-electron chi connectivity index (χ1n) is 9.52. The first-order chi connectivity index (χ1) is 14.9. The number of benzene rings is 2. The molecule has 1 aliphatic heterocycles. The molecular weight excluding hydrogens is 425 g/mol. The Morgan fingerprint density at radius 3 is 2.68 bits per heavy atom. The summed E-state index contributed by atoms with van der Waals surface area (Å²) in [6, 6.07) is 7.66. The van der Waals surface area contributed by atoms with Gasteiger partial charge in [0.1, 0.15) is 11.9 Å². The number of carbonyl (C=O) groups is 1. The Labute approximate surface area is 185 Å². The number of carbonyl (C=O) groups excluding carboxylic acids is 1. The van der Waals surface area contributed by atoms with Crippen LogP contribution in [-0.2, 0) is 9.53 Å². The van der Waals surface area contributed by atoms with Crippen molar-refractivity contribution in [2.45, 2.75) is 12.5 Å². The molecule has 0 spiro atoms. The number of nitrogens with zero attached hydrogens (tertiary/aromatic N) is 1. The van der Waals surface area contributed by atoms with Crippen molar-refractivity contribution < 1.29 is 28.5 Å². The monoisotopic (exact) mass is 447 g/mol. The van der Waals surface area contributed by atoms with Gasteiger partial charge in [-0.2, -0.15) is 0 Å². The number of halogens is 2. The molecule has 164 valence electrons. The number of esters is 1. The fourth-order valence-electron chi connectivity index (χ4n) is 3.55. The zero-order valence-corrected chi connectivity index (χ0v) is 18.1. The van der Waals surface area contributed by atoms with E-state index in [0.29, 0.717) is 28.6 Å². The van der Waals surface area contributed by atoms with Gasteiger partial charge in [0.05, 0.1) is 26.9 Å². The summed E-state index contributed by atoms with van der Waals surface area (Å²) >= 11 is 6.22. The summed E-state index contributed by atoms with van der Waals surface area (Å²) in [5, 5.41) is 11.6. The highest BCUT2D eigenvalue weighted by atomic mass is 35.5. The van der Waals surface area contributed by atoms with E-state index < -0.39 is 17.9 Å². The second-order valence-electron chi connectivity index (χ2n) is 6.73. The summed E-state index contributed by atoms with van der Waals surface area (Å²) in [4.78, 5) is 13.4. The van der Waals surface area contributed by atoms with Crippen LogP contribution in [0.15, 0.2) is 54.3 Å². The quantitative estimate of drug-likeness (QED) is 0.501. The predicted octanol–water partition coefficient (Wildman–Crippen LogP) is 4.40. The van der Waals surface area contributed by atoms with Crippen molar-refractivity contribution >= 4 is 23.3 Å². The van der Waals surface area contributed by atoms with Gasteiger partial charge in [-0.3, -0.25) is 0 Å². The maximum atomic E-state index is 14.8. The van der Waals surface area contributed by atoms with Crippen molar-refractivity contribution in [1.29, 1.82) is 0 Å². The van der Waals surface area contributed by atoms with Crippen molar-refractivity contribution in [3.8, 4) is 11.5 Å². The largest absolute Gasteiger partial charge is 0.493 e. The lowest BCUT2D eigenvalue weighted by Gasteiger charge is -2.27. The second kappa shape index (κ2) is 9.85. The highest BCUT2D eigenvalue weighted by molar-refractivity contribution is 6.30. The van der Waals surface area contributed by atoms with E-state index in [2.05, 4.69) is 4.74 Å². The molecule has 0 aliphatic carbocycles. The van der Waals surface area contributed by atoms with Crippen LogP contribution in [0.3, 0.4) is 0 Å². The van der Waals surface area contributed by atoms with E-state index >= 15 is 0 Å². The number of aliphatic hydroxyl groups excluding tert-OH is 1. The van der Waals surface area contributed by atoms with E-state index in [1.54, 1.807) is 24.3 Å². The number of methoxy groups -OCH3 is 3. The number of hydrogen-bond acceptors (Lipinski definition) is 6. The number of anilines is 1. The van der Waals surface area contributed by atoms with Crippen LogP contribution in [0.4, 0.5) is 10.1 Å². The van der Waals surface area contributed by atoms with Crippen LogP contribution in [0.1, 0.15) is 23.7 Å². The zero-order valence-electron chi connectivity index (χ0n) is 17.4. The van der Waals surface area contributed by atoms with Gasteiger partial charge in [0, 0.05) is 34.6 Å². The molecule has 6 nitrogen and oxygen atoms in total. The first-order valence-corrected chi connectivity index (χ1v) is 9.90. The maximum absolute atomic E-state index is 14.8. The molecular formula is C23H23ClFNO5. The number of allylic oxidation sites excluding steroid dienone is 1. The van der Waals surface area contributed by atoms with Crippen molar-refractivity contribution in [3.63, 3.8) is 0 Å². The molecule has 3 rings (SSSR count). The summed E-state index contributed by atoms with van der Waals surface area (Å²) in [7, 11) is 4.12. The smallest absolute Gasteiger partial charge is 0.330 e. The number of ether oxygens (including phenoxy) is 3. The van der Waals surface area contributed by atoms with Gasteiger partial charge >= 0.3 is 5.97 Å². The Bertz CT molecular complexity index is 1040. The summed E-state index contributed by atoms with van der Waals surface area (Å²) in [5.74, 6) is -0.723. The summed E-state index contributed by atoms with van der Waals surface area (Å²) < 4.78 is 30.1. The Morgan fingerprint density at radius 2 is 2.00 bits per heavy atom. The molecule has 0 amide bonds. The second-order valence-corrected chi connectivity index (χ2v) is 7.16. The minimum absolute atomic E-state index is 0.0554. The fraction of sp³-hybridized carbons (Fsp3) is 0.261. The molecule has 0 aromatic heterocycles. The first kappa shape index (κ1) is 22.7. The SMILES string of the molecule is COC(=O)/C=C/C1=CCCN1c1ccc(Cl)cc1C(O)c1c(F)ccc(OC)c1OC. The maximum Gasteiger partial charge on any atom is 0.330 e. The molecule has 1 aliphatic rings. The minimum atomic E-state index is -1.38. The van der Waals surface area contributed by atoms with Crippen LogP contribution in [0, 0.1) is 5.82 Å². The average Bonchev–Trinajstić information content (AvgIpc) is 3.24. The molecule has 0 radical (unpaired) electrons. The molecule has 1 heterocycles. The van der Waals surface area contributed by atoms with Gasteiger partial charge in [-0.25, -0.2) is 9.18 Å². The molecule has 1 unspecified atom stereocenters. The Hall–Kier alpha value is -3.03. The van der Waals surface area contributed by atoms with Gasteiger partial charge < -0.3 is 24.2 Å². The van der Waals surface area contributed by atoms with Crippen LogP contribution in [0.25, 0.3) is 0 Å². The van der Waals surface area contributed by atoms with E-state index in [1.807, 2.05) is 11.0 Å². The van der Waals surface area contributed by atoms with Crippen LogP contribution in [0.2, 0.25) is 5.02 Å². The highest BCUT2D eigenvalue weighted by Crippen LogP contribution is 2.43. The van der Waals surface area contributed by atoms with Crippen molar-refractivity contribution in [3.05, 3.63) is 76.2 Å². The molecule has 0 saturated carbocycles. The zero-order chi connectivity index (χ0) is 22.5. The van der Waals surface area contributed by atoms with E-state index in [-0.39, 0.29) is 11.3 Å². The van der Waals surface area contributed by atoms with Crippen LogP contribution < -0.4 is 14.4 Å². The van der Waals surface area contributed by atoms with Gasteiger partial charge in [-0.1, -0.05) is 17.7 Å². The Balaban J connectivity index is 2.09. The summed E-state index contributed by atoms with van der Waals surface area (Å²) in [6.07, 6.45) is 4.26. The number of rotatable bonds is 7. The molecule has 8 heteroatoms. The lowest BCUT2D eigenvalue weighted by atomic mass is 9.97. The lowest BCUT2D eigenvalue weighted by molar-refractivity contribution is -0.134. The van der Waals surface area contributed by atoms with Gasteiger partial charge in [0.25, 0.3) is 0 Å². The predicted molar refractivity (Wildman–Crippen MR) is 116 cm³/mol. The lowest BCUT2D eigenvalue weighted by Crippen LogP contribution is -2.21. The van der Waals surface area contributed by atoms with Crippen LogP contribution in [0.5, 0.6) is 11.5 Å². The van der Waals surface area contributed by atoms with E-state index in [4.69, 9.17) is 21.1 Å². The van der Waals surface area contributed by atoms with Gasteiger partial charge in [-0.15, -0.1) is 0 Å².